The number of rotatable bonds is 4. The van der Waals surface area contributed by atoms with E-state index in [1.165, 1.54) is 0 Å². The van der Waals surface area contributed by atoms with Gasteiger partial charge in [-0.15, -0.1) is 0 Å². The lowest BCUT2D eigenvalue weighted by Crippen LogP contribution is -2.16. The maximum atomic E-state index is 11.7. The van der Waals surface area contributed by atoms with Gasteiger partial charge < -0.3 is 10.1 Å². The molecular weight excluding hydrogens is 335 g/mol. The molecule has 1 aromatic heterocycles. The van der Waals surface area contributed by atoms with E-state index < -0.39 is 11.9 Å². The number of carbonyl (C=O) groups is 1. The molecule has 1 heterocycles. The van der Waals surface area contributed by atoms with E-state index in [1.54, 1.807) is 18.2 Å². The van der Waals surface area contributed by atoms with E-state index in [2.05, 4.69) is 9.97 Å². The molecule has 0 amide bonds. The Morgan fingerprint density at radius 1 is 1.26 bits per heavy atom. The number of aromatic amines is 1. The Labute approximate surface area is 143 Å². The van der Waals surface area contributed by atoms with Crippen molar-refractivity contribution in [2.75, 3.05) is 0 Å². The van der Waals surface area contributed by atoms with Gasteiger partial charge in [-0.05, 0) is 54.8 Å². The maximum Gasteiger partial charge on any atom is 0.314 e. The summed E-state index contributed by atoms with van der Waals surface area (Å²) in [5, 5.41) is 10.6. The maximum absolute atomic E-state index is 11.7. The number of aromatic nitrogens is 2. The number of imidazole rings is 1. The van der Waals surface area contributed by atoms with Gasteiger partial charge in [0.25, 0.3) is 0 Å². The van der Waals surface area contributed by atoms with Gasteiger partial charge in [0.15, 0.2) is 0 Å². The molecule has 0 spiro atoms. The Bertz CT molecular complexity index is 889. The summed E-state index contributed by atoms with van der Waals surface area (Å²) in [5.74, 6) is -1.37. The Morgan fingerprint density at radius 2 is 2.04 bits per heavy atom. The molecule has 0 aliphatic heterocycles. The molecule has 0 aliphatic rings. The highest BCUT2D eigenvalue weighted by Gasteiger charge is 2.25. The molecule has 0 saturated carbocycles. The Hall–Kier alpha value is -2.04. The van der Waals surface area contributed by atoms with Crippen LogP contribution in [-0.2, 0) is 11.2 Å². The second kappa shape index (κ2) is 6.22. The number of benzene rings is 2. The molecule has 3 aromatic rings. The van der Waals surface area contributed by atoms with Crippen LogP contribution in [0.15, 0.2) is 36.4 Å². The van der Waals surface area contributed by atoms with Gasteiger partial charge >= 0.3 is 5.97 Å². The normalized spacial score (nSPS) is 12.5. The molecule has 118 valence electrons. The van der Waals surface area contributed by atoms with Gasteiger partial charge in [-0.1, -0.05) is 29.3 Å². The summed E-state index contributed by atoms with van der Waals surface area (Å²) in [7, 11) is 0. The minimum absolute atomic E-state index is 0.216. The fourth-order valence-electron chi connectivity index (χ4n) is 2.53. The average Bonchev–Trinajstić information content (AvgIpc) is 2.90. The minimum Gasteiger partial charge on any atom is -0.481 e. The minimum atomic E-state index is -0.961. The second-order valence-electron chi connectivity index (χ2n) is 5.47. The zero-order chi connectivity index (χ0) is 16.6. The quantitative estimate of drug-likeness (QED) is 0.724. The van der Waals surface area contributed by atoms with Crippen LogP contribution in [0.3, 0.4) is 0 Å². The van der Waals surface area contributed by atoms with Gasteiger partial charge in [-0.3, -0.25) is 4.79 Å². The molecule has 4 nitrogen and oxygen atoms in total. The molecule has 0 bridgehead atoms. The highest BCUT2D eigenvalue weighted by molar-refractivity contribution is 6.33. The summed E-state index contributed by atoms with van der Waals surface area (Å²) >= 11 is 12.1. The average molecular weight is 349 g/mol. The molecule has 3 rings (SSSR count). The molecule has 1 atom stereocenters. The lowest BCUT2D eigenvalue weighted by atomic mass is 9.99. The van der Waals surface area contributed by atoms with Crippen molar-refractivity contribution >= 4 is 40.2 Å². The van der Waals surface area contributed by atoms with Crippen molar-refractivity contribution in [3.63, 3.8) is 0 Å². The van der Waals surface area contributed by atoms with E-state index in [9.17, 15) is 9.90 Å². The largest absolute Gasteiger partial charge is 0.481 e. The lowest BCUT2D eigenvalue weighted by Gasteiger charge is -2.11. The lowest BCUT2D eigenvalue weighted by molar-refractivity contribution is -0.138. The van der Waals surface area contributed by atoms with Crippen molar-refractivity contribution in [1.29, 1.82) is 0 Å². The number of carboxylic acids is 1. The van der Waals surface area contributed by atoms with Crippen LogP contribution in [0.5, 0.6) is 0 Å². The number of hydrogen-bond donors (Lipinski definition) is 2. The number of hydrogen-bond acceptors (Lipinski definition) is 2. The Balaban J connectivity index is 2.00. The van der Waals surface area contributed by atoms with Gasteiger partial charge in [0, 0.05) is 10.0 Å². The van der Waals surface area contributed by atoms with E-state index in [4.69, 9.17) is 23.2 Å². The van der Waals surface area contributed by atoms with Crippen LogP contribution >= 0.6 is 23.2 Å². The molecule has 1 unspecified atom stereocenters. The van der Waals surface area contributed by atoms with Gasteiger partial charge in [-0.2, -0.15) is 0 Å². The van der Waals surface area contributed by atoms with Crippen molar-refractivity contribution in [3.05, 3.63) is 63.4 Å². The SMILES string of the molecule is Cc1ccc2nc(C(Cc3cc(Cl)ccc3Cl)C(=O)O)[nH]c2c1. The van der Waals surface area contributed by atoms with Crippen molar-refractivity contribution in [2.45, 2.75) is 19.3 Å². The number of nitrogens with one attached hydrogen (secondary N) is 1. The molecule has 0 radical (unpaired) electrons. The fraction of sp³-hybridized carbons (Fsp3) is 0.176. The molecule has 2 aromatic carbocycles. The van der Waals surface area contributed by atoms with Gasteiger partial charge in [0.2, 0.25) is 0 Å². The van der Waals surface area contributed by atoms with Crippen LogP contribution in [0.1, 0.15) is 22.9 Å². The number of H-pyrrole nitrogens is 1. The molecular formula is C17H14Cl2N2O2. The van der Waals surface area contributed by atoms with Crippen LogP contribution in [0.25, 0.3) is 11.0 Å². The van der Waals surface area contributed by atoms with Crippen molar-refractivity contribution in [2.24, 2.45) is 0 Å². The Kier molecular flexibility index (Phi) is 4.28. The van der Waals surface area contributed by atoms with Crippen molar-refractivity contribution in [1.82, 2.24) is 9.97 Å². The van der Waals surface area contributed by atoms with Crippen LogP contribution < -0.4 is 0 Å². The van der Waals surface area contributed by atoms with E-state index in [1.807, 2.05) is 25.1 Å². The van der Waals surface area contributed by atoms with Gasteiger partial charge in [0.05, 0.1) is 11.0 Å². The third kappa shape index (κ3) is 3.33. The molecule has 0 fully saturated rings. The first-order chi connectivity index (χ1) is 10.9. The third-order valence-corrected chi connectivity index (χ3v) is 4.32. The third-order valence-electron chi connectivity index (χ3n) is 3.72. The zero-order valence-corrected chi connectivity index (χ0v) is 13.8. The molecule has 0 saturated heterocycles. The number of nitrogens with zero attached hydrogens (tertiary/aromatic N) is 1. The fourth-order valence-corrected chi connectivity index (χ4v) is 2.92. The Morgan fingerprint density at radius 3 is 2.78 bits per heavy atom. The number of fused-ring (bicyclic) bond motifs is 1. The van der Waals surface area contributed by atoms with Gasteiger partial charge in [0.1, 0.15) is 11.7 Å². The molecule has 23 heavy (non-hydrogen) atoms. The van der Waals surface area contributed by atoms with E-state index in [-0.39, 0.29) is 6.42 Å². The zero-order valence-electron chi connectivity index (χ0n) is 12.3. The summed E-state index contributed by atoms with van der Waals surface area (Å²) in [6, 6.07) is 10.8. The summed E-state index contributed by atoms with van der Waals surface area (Å²) in [6.07, 6.45) is 0.216. The molecule has 6 heteroatoms. The van der Waals surface area contributed by atoms with Crippen LogP contribution in [0.2, 0.25) is 10.0 Å². The van der Waals surface area contributed by atoms with Crippen molar-refractivity contribution in [3.8, 4) is 0 Å². The summed E-state index contributed by atoms with van der Waals surface area (Å²) in [5.41, 5.74) is 3.33. The van der Waals surface area contributed by atoms with Crippen LogP contribution in [0.4, 0.5) is 0 Å². The highest BCUT2D eigenvalue weighted by Crippen LogP contribution is 2.28. The van der Waals surface area contributed by atoms with Crippen LogP contribution in [0, 0.1) is 6.92 Å². The monoisotopic (exact) mass is 348 g/mol. The number of carboxylic acid groups (broad SMARTS) is 1. The summed E-state index contributed by atoms with van der Waals surface area (Å²) in [4.78, 5) is 19.2. The second-order valence-corrected chi connectivity index (χ2v) is 6.32. The van der Waals surface area contributed by atoms with E-state index in [0.29, 0.717) is 21.4 Å². The number of aryl methyl sites for hydroxylation is 1. The van der Waals surface area contributed by atoms with Crippen molar-refractivity contribution < 1.29 is 9.90 Å². The topological polar surface area (TPSA) is 66.0 Å². The first kappa shape index (κ1) is 15.8. The molecule has 2 N–H and O–H groups in total. The summed E-state index contributed by atoms with van der Waals surface area (Å²) in [6.45, 7) is 1.97. The predicted molar refractivity (Wildman–Crippen MR) is 91.4 cm³/mol. The first-order valence-electron chi connectivity index (χ1n) is 7.07. The predicted octanol–water partition coefficient (Wildman–Crippen LogP) is 4.59. The van der Waals surface area contributed by atoms with E-state index >= 15 is 0 Å². The first-order valence-corrected chi connectivity index (χ1v) is 7.82. The van der Waals surface area contributed by atoms with Gasteiger partial charge in [-0.25, -0.2) is 4.98 Å². The standard InChI is InChI=1S/C17H14Cl2N2O2/c1-9-2-5-14-15(6-9)21-16(20-14)12(17(22)23)8-10-7-11(18)3-4-13(10)19/h2-7,12H,8H2,1H3,(H,20,21)(H,22,23). The molecule has 0 aliphatic carbocycles. The van der Waals surface area contributed by atoms with Crippen LogP contribution in [-0.4, -0.2) is 21.0 Å². The smallest absolute Gasteiger partial charge is 0.314 e. The number of halogens is 2. The highest BCUT2D eigenvalue weighted by atomic mass is 35.5. The summed E-state index contributed by atoms with van der Waals surface area (Å²) < 4.78 is 0. The van der Waals surface area contributed by atoms with E-state index in [0.717, 1.165) is 16.6 Å². The number of aliphatic carboxylic acids is 1.